The summed E-state index contributed by atoms with van der Waals surface area (Å²) in [6.07, 6.45) is 4.84. The third-order valence-corrected chi connectivity index (χ3v) is 6.03. The lowest BCUT2D eigenvalue weighted by Crippen LogP contribution is -2.39. The summed E-state index contributed by atoms with van der Waals surface area (Å²) < 4.78 is 0. The van der Waals surface area contributed by atoms with Crippen LogP contribution in [0.25, 0.3) is 10.2 Å². The van der Waals surface area contributed by atoms with Crippen molar-refractivity contribution in [2.24, 2.45) is 0 Å². The molecular weight excluding hydrogens is 344 g/mol. The first-order valence-electron chi connectivity index (χ1n) is 9.19. The number of rotatable bonds is 4. The van der Waals surface area contributed by atoms with Crippen LogP contribution in [0.15, 0.2) is 18.5 Å². The largest absolute Gasteiger partial charge is 0.367 e. The maximum Gasteiger partial charge on any atom is 0.138 e. The fourth-order valence-electron chi connectivity index (χ4n) is 3.50. The molecule has 0 radical (unpaired) electrons. The van der Waals surface area contributed by atoms with Gasteiger partial charge < -0.3 is 10.2 Å². The van der Waals surface area contributed by atoms with Crippen molar-refractivity contribution in [1.82, 2.24) is 19.9 Å². The average Bonchev–Trinajstić information content (AvgIpc) is 3.06. The van der Waals surface area contributed by atoms with Crippen molar-refractivity contribution in [2.75, 3.05) is 23.3 Å². The topological polar surface area (TPSA) is 66.8 Å². The molecule has 136 valence electrons. The van der Waals surface area contributed by atoms with Gasteiger partial charge in [-0.2, -0.15) is 0 Å². The van der Waals surface area contributed by atoms with Crippen LogP contribution in [-0.2, 0) is 6.42 Å². The van der Waals surface area contributed by atoms with Crippen molar-refractivity contribution in [3.05, 3.63) is 34.9 Å². The third kappa shape index (κ3) is 3.49. The minimum absolute atomic E-state index is 0.429. The van der Waals surface area contributed by atoms with Crippen LogP contribution in [0.3, 0.4) is 0 Å². The first-order valence-corrected chi connectivity index (χ1v) is 10.0. The van der Waals surface area contributed by atoms with Gasteiger partial charge in [-0.15, -0.1) is 11.3 Å². The molecule has 3 aromatic rings. The molecule has 0 spiro atoms. The minimum Gasteiger partial charge on any atom is -0.367 e. The van der Waals surface area contributed by atoms with E-state index in [0.717, 1.165) is 65.7 Å². The standard InChI is InChI=1S/C19H24N6S/c1-4-15-10-16-18(20-11-21-19(16)26-15)24-14-5-7-25(8-6-14)17-9-12(2)22-13(3)23-17/h9-11,14H,4-8H2,1-3H3,(H,20,21,24). The molecule has 0 amide bonds. The number of piperidine rings is 1. The molecule has 1 fully saturated rings. The van der Waals surface area contributed by atoms with Gasteiger partial charge in [0.2, 0.25) is 0 Å². The molecule has 1 saturated heterocycles. The molecule has 4 rings (SSSR count). The highest BCUT2D eigenvalue weighted by Gasteiger charge is 2.22. The van der Waals surface area contributed by atoms with E-state index < -0.39 is 0 Å². The monoisotopic (exact) mass is 368 g/mol. The van der Waals surface area contributed by atoms with Gasteiger partial charge in [0, 0.05) is 35.8 Å². The molecule has 1 aliphatic rings. The van der Waals surface area contributed by atoms with Gasteiger partial charge in [-0.1, -0.05) is 6.92 Å². The maximum atomic E-state index is 4.59. The Morgan fingerprint density at radius 1 is 1.15 bits per heavy atom. The van der Waals surface area contributed by atoms with Gasteiger partial charge in [0.05, 0.1) is 5.39 Å². The van der Waals surface area contributed by atoms with Crippen molar-refractivity contribution >= 4 is 33.2 Å². The zero-order chi connectivity index (χ0) is 18.1. The highest BCUT2D eigenvalue weighted by Crippen LogP contribution is 2.30. The predicted octanol–water partition coefficient (Wildman–Crippen LogP) is 3.74. The molecule has 0 atom stereocenters. The molecular formula is C19H24N6S. The number of aromatic nitrogens is 4. The van der Waals surface area contributed by atoms with Gasteiger partial charge in [0.1, 0.15) is 28.6 Å². The van der Waals surface area contributed by atoms with Crippen LogP contribution >= 0.6 is 11.3 Å². The van der Waals surface area contributed by atoms with Gasteiger partial charge in [-0.25, -0.2) is 19.9 Å². The van der Waals surface area contributed by atoms with Crippen LogP contribution < -0.4 is 10.2 Å². The summed E-state index contributed by atoms with van der Waals surface area (Å²) in [5.41, 5.74) is 1.03. The lowest BCUT2D eigenvalue weighted by atomic mass is 10.0. The molecule has 4 heterocycles. The van der Waals surface area contributed by atoms with Crippen molar-refractivity contribution in [1.29, 1.82) is 0 Å². The Morgan fingerprint density at radius 2 is 1.96 bits per heavy atom. The number of anilines is 2. The first-order chi connectivity index (χ1) is 12.6. The molecule has 1 aliphatic heterocycles. The molecule has 7 heteroatoms. The zero-order valence-electron chi connectivity index (χ0n) is 15.5. The fourth-order valence-corrected chi connectivity index (χ4v) is 4.44. The summed E-state index contributed by atoms with van der Waals surface area (Å²) >= 11 is 1.76. The summed E-state index contributed by atoms with van der Waals surface area (Å²) in [5, 5.41) is 4.80. The van der Waals surface area contributed by atoms with E-state index in [9.17, 15) is 0 Å². The molecule has 0 unspecified atom stereocenters. The molecule has 1 N–H and O–H groups in total. The fraction of sp³-hybridized carbons (Fsp3) is 0.474. The van der Waals surface area contributed by atoms with E-state index >= 15 is 0 Å². The summed E-state index contributed by atoms with van der Waals surface area (Å²) in [6.45, 7) is 8.14. The van der Waals surface area contributed by atoms with Crippen LogP contribution in [0.1, 0.15) is 36.2 Å². The van der Waals surface area contributed by atoms with E-state index in [4.69, 9.17) is 0 Å². The van der Waals surface area contributed by atoms with E-state index in [1.54, 1.807) is 17.7 Å². The summed E-state index contributed by atoms with van der Waals surface area (Å²) in [4.78, 5) is 22.7. The van der Waals surface area contributed by atoms with Crippen LogP contribution in [0.2, 0.25) is 0 Å². The quantitative estimate of drug-likeness (QED) is 0.757. The highest BCUT2D eigenvalue weighted by atomic mass is 32.1. The Hall–Kier alpha value is -2.28. The van der Waals surface area contributed by atoms with E-state index in [1.165, 1.54) is 4.88 Å². The Balaban J connectivity index is 1.45. The molecule has 0 aromatic carbocycles. The minimum atomic E-state index is 0.429. The number of aryl methyl sites for hydroxylation is 3. The second-order valence-corrected chi connectivity index (χ2v) is 7.94. The van der Waals surface area contributed by atoms with Gasteiger partial charge >= 0.3 is 0 Å². The second-order valence-electron chi connectivity index (χ2n) is 6.83. The van der Waals surface area contributed by atoms with Gasteiger partial charge in [-0.3, -0.25) is 0 Å². The van der Waals surface area contributed by atoms with E-state index in [-0.39, 0.29) is 0 Å². The third-order valence-electron chi connectivity index (χ3n) is 4.84. The van der Waals surface area contributed by atoms with Gasteiger partial charge in [-0.05, 0) is 39.2 Å². The number of nitrogens with one attached hydrogen (secondary N) is 1. The highest BCUT2D eigenvalue weighted by molar-refractivity contribution is 7.18. The van der Waals surface area contributed by atoms with E-state index in [0.29, 0.717) is 6.04 Å². The van der Waals surface area contributed by atoms with Crippen molar-refractivity contribution in [2.45, 2.75) is 46.1 Å². The zero-order valence-corrected chi connectivity index (χ0v) is 16.3. The summed E-state index contributed by atoms with van der Waals surface area (Å²) in [7, 11) is 0. The SMILES string of the molecule is CCc1cc2c(NC3CCN(c4cc(C)nc(C)n4)CC3)ncnc2s1. The van der Waals surface area contributed by atoms with Crippen LogP contribution in [0.4, 0.5) is 11.6 Å². The Kier molecular flexibility index (Phi) is 4.72. The normalized spacial score (nSPS) is 15.6. The van der Waals surface area contributed by atoms with Crippen molar-refractivity contribution in [3.8, 4) is 0 Å². The lowest BCUT2D eigenvalue weighted by molar-refractivity contribution is 0.522. The van der Waals surface area contributed by atoms with Gasteiger partial charge in [0.15, 0.2) is 0 Å². The molecule has 6 nitrogen and oxygen atoms in total. The van der Waals surface area contributed by atoms with Crippen LogP contribution in [0.5, 0.6) is 0 Å². The van der Waals surface area contributed by atoms with Crippen LogP contribution in [0, 0.1) is 13.8 Å². The number of fused-ring (bicyclic) bond motifs is 1. The molecule has 0 saturated carbocycles. The second kappa shape index (κ2) is 7.15. The molecule has 3 aromatic heterocycles. The number of hydrogen-bond donors (Lipinski definition) is 1. The van der Waals surface area contributed by atoms with Gasteiger partial charge in [0.25, 0.3) is 0 Å². The molecule has 0 bridgehead atoms. The summed E-state index contributed by atoms with van der Waals surface area (Å²) in [6, 6.07) is 4.73. The lowest BCUT2D eigenvalue weighted by Gasteiger charge is -2.33. The van der Waals surface area contributed by atoms with Crippen molar-refractivity contribution in [3.63, 3.8) is 0 Å². The smallest absolute Gasteiger partial charge is 0.138 e. The average molecular weight is 369 g/mol. The first kappa shape index (κ1) is 17.1. The Labute approximate surface area is 157 Å². The predicted molar refractivity (Wildman–Crippen MR) is 107 cm³/mol. The molecule has 0 aliphatic carbocycles. The molecule has 26 heavy (non-hydrogen) atoms. The Bertz CT molecular complexity index is 893. The van der Waals surface area contributed by atoms with E-state index in [2.05, 4.69) is 49.2 Å². The van der Waals surface area contributed by atoms with Crippen molar-refractivity contribution < 1.29 is 0 Å². The van der Waals surface area contributed by atoms with E-state index in [1.807, 2.05) is 13.8 Å². The Morgan fingerprint density at radius 3 is 2.69 bits per heavy atom. The maximum absolute atomic E-state index is 4.59. The number of thiophene rings is 1. The summed E-state index contributed by atoms with van der Waals surface area (Å²) in [5.74, 6) is 2.86. The number of hydrogen-bond acceptors (Lipinski definition) is 7. The van der Waals surface area contributed by atoms with Crippen LogP contribution in [-0.4, -0.2) is 39.1 Å². The number of nitrogens with zero attached hydrogens (tertiary/aromatic N) is 5.